The molecule has 0 bridgehead atoms. The van der Waals surface area contributed by atoms with Crippen molar-refractivity contribution in [1.29, 1.82) is 0 Å². The highest BCUT2D eigenvalue weighted by Crippen LogP contribution is 2.29. The van der Waals surface area contributed by atoms with Gasteiger partial charge in [0.1, 0.15) is 60.6 Å². The van der Waals surface area contributed by atoms with E-state index in [0.717, 1.165) is 12.0 Å². The maximum Gasteiger partial charge on any atom is 0.251 e. The van der Waals surface area contributed by atoms with Crippen LogP contribution in [0.2, 0.25) is 0 Å². The Morgan fingerprint density at radius 3 is 1.69 bits per heavy atom. The molecule has 0 aromatic heterocycles. The lowest BCUT2D eigenvalue weighted by Gasteiger charge is -2.39. The number of aryl methyl sites for hydroxylation is 1. The lowest BCUT2D eigenvalue weighted by atomic mass is 10.00. The molecule has 0 aliphatic carbocycles. The molecule has 0 radical (unpaired) electrons. The van der Waals surface area contributed by atoms with Gasteiger partial charge in [-0.05, 0) is 87.8 Å². The van der Waals surface area contributed by atoms with Crippen LogP contribution in [0.15, 0.2) is 24.3 Å². The van der Waals surface area contributed by atoms with E-state index in [2.05, 4.69) is 54.4 Å². The SMILES string of the molecule is CNC(NC(NC(=O)C(CCCC[NH3+])NC(NC(NC(=O)C(NC(=O)c1ccc(CCS[C@@H]2O[C@H](CO)[C@H](O)[C@H](O)[C@H]2O)cc1)C(C)C)C(=O)C(C)C)C(=O)C(C)C)C(=O)CCCC[NH3+])C(=O)CCCC[NH3+]. The summed E-state index contributed by atoms with van der Waals surface area (Å²) >= 11 is 1.21. The summed E-state index contributed by atoms with van der Waals surface area (Å²) in [5.74, 6) is -4.63. The number of quaternary nitrogens is 3. The van der Waals surface area contributed by atoms with Crippen molar-refractivity contribution in [2.24, 2.45) is 17.8 Å². The van der Waals surface area contributed by atoms with E-state index in [1.54, 1.807) is 72.9 Å². The van der Waals surface area contributed by atoms with Crippen LogP contribution in [-0.2, 0) is 39.9 Å². The number of aliphatic hydroxyl groups is 4. The van der Waals surface area contributed by atoms with Gasteiger partial charge >= 0.3 is 0 Å². The van der Waals surface area contributed by atoms with Gasteiger partial charge in [0.15, 0.2) is 23.1 Å². The fourth-order valence-electron chi connectivity index (χ4n) is 7.77. The summed E-state index contributed by atoms with van der Waals surface area (Å²) in [5.41, 5.74) is 11.8. The Hall–Kier alpha value is -3.82. The molecule has 20 N–H and O–H groups in total. The summed E-state index contributed by atoms with van der Waals surface area (Å²) < 4.78 is 5.57. The zero-order valence-electron chi connectivity index (χ0n) is 43.6. The predicted molar refractivity (Wildman–Crippen MR) is 271 cm³/mol. The van der Waals surface area contributed by atoms with E-state index < -0.39 is 120 Å². The van der Waals surface area contributed by atoms with Gasteiger partial charge in [0.2, 0.25) is 11.8 Å². The third kappa shape index (κ3) is 21.2. The quantitative estimate of drug-likeness (QED) is 0.0225. The first-order valence-electron chi connectivity index (χ1n) is 25.5. The molecular formula is C49H89N10O12S+3. The van der Waals surface area contributed by atoms with Crippen molar-refractivity contribution in [2.75, 3.05) is 39.0 Å². The summed E-state index contributed by atoms with van der Waals surface area (Å²) in [6.45, 7) is 11.4. The molecule has 11 atom stereocenters. The van der Waals surface area contributed by atoms with Gasteiger partial charge in [0.05, 0.1) is 32.3 Å². The number of benzene rings is 1. The maximum atomic E-state index is 14.4. The monoisotopic (exact) mass is 1040 g/mol. The number of amides is 3. The lowest BCUT2D eigenvalue weighted by Crippen LogP contribution is -2.67. The van der Waals surface area contributed by atoms with Crippen LogP contribution in [0.1, 0.15) is 115 Å². The van der Waals surface area contributed by atoms with Gasteiger partial charge in [-0.2, -0.15) is 0 Å². The molecule has 1 aromatic carbocycles. The number of likely N-dealkylation sites (N-methyl/N-ethyl adjacent to an activating group) is 1. The minimum atomic E-state index is -1.48. The molecule has 6 unspecified atom stereocenters. The first-order chi connectivity index (χ1) is 34.1. The first kappa shape index (κ1) is 64.3. The summed E-state index contributed by atoms with van der Waals surface area (Å²) in [4.78, 5) is 97.0. The molecule has 0 spiro atoms. The summed E-state index contributed by atoms with van der Waals surface area (Å²) in [6.07, 6.45) is -5.62. The molecule has 0 saturated carbocycles. The molecule has 72 heavy (non-hydrogen) atoms. The molecule has 1 fully saturated rings. The number of thioether (sulfide) groups is 1. The molecule has 1 aliphatic heterocycles. The second-order valence-electron chi connectivity index (χ2n) is 19.3. The van der Waals surface area contributed by atoms with Crippen LogP contribution in [0, 0.1) is 17.8 Å². The first-order valence-corrected chi connectivity index (χ1v) is 26.6. The molecule has 410 valence electrons. The van der Waals surface area contributed by atoms with Crippen LogP contribution >= 0.6 is 11.8 Å². The van der Waals surface area contributed by atoms with Crippen molar-refractivity contribution in [3.63, 3.8) is 0 Å². The minimum absolute atomic E-state index is 0.108. The number of nitrogens with one attached hydrogen (secondary N) is 7. The van der Waals surface area contributed by atoms with E-state index in [1.807, 2.05) is 0 Å². The van der Waals surface area contributed by atoms with Crippen molar-refractivity contribution < 1.29 is 75.9 Å². The fraction of sp³-hybridized carbons (Fsp3) is 0.735. The number of aliphatic hydroxyl groups excluding tert-OH is 4. The largest absolute Gasteiger partial charge is 0.394 e. The average Bonchev–Trinajstić information content (AvgIpc) is 3.35. The van der Waals surface area contributed by atoms with Crippen LogP contribution < -0.4 is 54.4 Å². The Morgan fingerprint density at radius 1 is 0.639 bits per heavy atom. The van der Waals surface area contributed by atoms with Gasteiger partial charge in [-0.25, -0.2) is 0 Å². The average molecular weight is 1040 g/mol. The fourth-order valence-corrected chi connectivity index (χ4v) is 8.94. The van der Waals surface area contributed by atoms with Gasteiger partial charge in [-0.15, -0.1) is 11.8 Å². The number of Topliss-reactive ketones (excluding diaryl/α,β-unsaturated/α-hetero) is 4. The zero-order valence-corrected chi connectivity index (χ0v) is 44.4. The van der Waals surface area contributed by atoms with E-state index in [9.17, 15) is 54.0 Å². The maximum absolute atomic E-state index is 14.4. The number of carbonyl (C=O) groups excluding carboxylic acids is 7. The Morgan fingerprint density at radius 2 is 1.17 bits per heavy atom. The van der Waals surface area contributed by atoms with Crippen molar-refractivity contribution in [3.05, 3.63) is 35.4 Å². The van der Waals surface area contributed by atoms with E-state index in [1.165, 1.54) is 11.8 Å². The molecule has 1 saturated heterocycles. The van der Waals surface area contributed by atoms with Crippen LogP contribution in [0.3, 0.4) is 0 Å². The lowest BCUT2D eigenvalue weighted by molar-refractivity contribution is -0.368. The van der Waals surface area contributed by atoms with E-state index >= 15 is 0 Å². The Labute approximate surface area is 429 Å². The molecule has 23 heteroatoms. The van der Waals surface area contributed by atoms with Crippen LogP contribution in [0.25, 0.3) is 0 Å². The predicted octanol–water partition coefficient (Wildman–Crippen LogP) is -3.76. The van der Waals surface area contributed by atoms with Gasteiger partial charge in [0.25, 0.3) is 5.91 Å². The highest BCUT2D eigenvalue weighted by molar-refractivity contribution is 7.99. The van der Waals surface area contributed by atoms with Crippen LogP contribution in [0.4, 0.5) is 0 Å². The summed E-state index contributed by atoms with van der Waals surface area (Å²) in [5, 5.41) is 60.4. The van der Waals surface area contributed by atoms with Gasteiger partial charge < -0.3 is 58.3 Å². The number of unbranched alkanes of at least 4 members (excludes halogenated alkanes) is 3. The Bertz CT molecular complexity index is 1850. The smallest absolute Gasteiger partial charge is 0.251 e. The molecule has 1 heterocycles. The molecule has 3 amide bonds. The minimum Gasteiger partial charge on any atom is -0.394 e. The van der Waals surface area contributed by atoms with Gasteiger partial charge in [-0.1, -0.05) is 53.7 Å². The molecule has 22 nitrogen and oxygen atoms in total. The normalized spacial score (nSPS) is 20.6. The Kier molecular flexibility index (Phi) is 30.3. The third-order valence-electron chi connectivity index (χ3n) is 12.4. The van der Waals surface area contributed by atoms with E-state index in [-0.39, 0.29) is 36.4 Å². The van der Waals surface area contributed by atoms with Crippen molar-refractivity contribution in [3.8, 4) is 0 Å². The number of ketones is 4. The number of rotatable bonds is 37. The highest BCUT2D eigenvalue weighted by atomic mass is 32.2. The van der Waals surface area contributed by atoms with Gasteiger partial charge in [0, 0.05) is 30.2 Å². The topological polar surface area (TPSA) is 377 Å². The Balaban J connectivity index is 2.35. The second-order valence-corrected chi connectivity index (χ2v) is 20.5. The molecule has 2 rings (SSSR count). The number of hydrogen-bond acceptors (Lipinski definition) is 17. The standard InChI is InChI=1S/C49H86N10O12S/c1-27(2)36(55-46(68)31-19-17-30(18-20-31)21-25-72-49-41(67)40(66)39(65)35(26-60)71-49)48(70)59-45(38(64)29(5)6)57-44(37(63)28(3)4)54-32(14-8-11-22-50)47(69)58-43(34(62)16-10-13-24-52)56-42(53-7)33(61)15-9-12-23-51/h17-20,27-29,32,35-36,39-45,49,53-54,56-57,60,65-67H,8-16,21-26,50-52H2,1-7H3,(H,55,68)(H,58,69)(H,59,70)/p+3/t32?,35-,36?,39+,40+,41-,42?,43?,44?,45?,49+/m1/s1. The summed E-state index contributed by atoms with van der Waals surface area (Å²) in [6, 6.07) is 4.40. The van der Waals surface area contributed by atoms with E-state index in [4.69, 9.17) is 4.74 Å². The van der Waals surface area contributed by atoms with Crippen molar-refractivity contribution in [2.45, 2.75) is 172 Å². The van der Waals surface area contributed by atoms with Crippen molar-refractivity contribution >= 4 is 52.6 Å². The van der Waals surface area contributed by atoms with Crippen LogP contribution in [-0.4, -0.2) is 167 Å². The zero-order chi connectivity index (χ0) is 54.1. The summed E-state index contributed by atoms with van der Waals surface area (Å²) in [7, 11) is 1.58. The third-order valence-corrected chi connectivity index (χ3v) is 13.5. The highest BCUT2D eigenvalue weighted by Gasteiger charge is 2.43. The van der Waals surface area contributed by atoms with E-state index in [0.29, 0.717) is 63.9 Å². The number of ether oxygens (including phenoxy) is 1. The number of hydrogen-bond donors (Lipinski definition) is 14. The molecular weight excluding hydrogens is 953 g/mol. The van der Waals surface area contributed by atoms with Gasteiger partial charge in [-0.3, -0.25) is 54.8 Å². The molecule has 1 aromatic rings. The van der Waals surface area contributed by atoms with Crippen LogP contribution in [0.5, 0.6) is 0 Å². The van der Waals surface area contributed by atoms with Crippen molar-refractivity contribution in [1.82, 2.24) is 37.2 Å². The second kappa shape index (κ2) is 33.9. The number of carbonyl (C=O) groups is 7. The molecule has 1 aliphatic rings.